The van der Waals surface area contributed by atoms with E-state index in [1.807, 2.05) is 0 Å². The molecule has 2 rings (SSSR count). The zero-order chi connectivity index (χ0) is 16.8. The fourth-order valence-electron chi connectivity index (χ4n) is 1.92. The molecule has 0 heterocycles. The van der Waals surface area contributed by atoms with Crippen molar-refractivity contribution in [1.82, 2.24) is 0 Å². The van der Waals surface area contributed by atoms with E-state index in [2.05, 4.69) is 0 Å². The summed E-state index contributed by atoms with van der Waals surface area (Å²) in [6, 6.07) is 13.0. The molecule has 0 saturated carbocycles. The number of benzene rings is 2. The summed E-state index contributed by atoms with van der Waals surface area (Å²) in [6.45, 7) is 3.56. The highest BCUT2D eigenvalue weighted by atomic mass is 16.5. The van der Waals surface area contributed by atoms with Crippen LogP contribution in [0.1, 0.15) is 34.6 Å². The second-order valence-corrected chi connectivity index (χ2v) is 5.07. The molecule has 0 aliphatic carbocycles. The monoisotopic (exact) mass is 314 g/mol. The van der Waals surface area contributed by atoms with Gasteiger partial charge in [0.2, 0.25) is 0 Å². The number of carbonyl (C=O) groups is 2. The van der Waals surface area contributed by atoms with Crippen LogP contribution in [0.2, 0.25) is 0 Å². The van der Waals surface area contributed by atoms with Gasteiger partial charge in [-0.3, -0.25) is 0 Å². The fraction of sp³-hybridized carbons (Fsp3) is 0.222. The average Bonchev–Trinajstić information content (AvgIpc) is 2.54. The maximum absolute atomic E-state index is 12.2. The molecule has 0 bridgehead atoms. The molecule has 5 nitrogen and oxygen atoms in total. The lowest BCUT2D eigenvalue weighted by molar-refractivity contribution is 0.0378. The maximum atomic E-state index is 12.2. The van der Waals surface area contributed by atoms with Crippen molar-refractivity contribution < 1.29 is 23.8 Å². The molecule has 0 radical (unpaired) electrons. The number of hydrogen-bond donors (Lipinski definition) is 0. The van der Waals surface area contributed by atoms with Gasteiger partial charge < -0.3 is 14.2 Å². The van der Waals surface area contributed by atoms with Gasteiger partial charge in [-0.05, 0) is 50.2 Å². The first-order valence-corrected chi connectivity index (χ1v) is 7.17. The largest absolute Gasteiger partial charge is 0.496 e. The minimum absolute atomic E-state index is 0.189. The van der Waals surface area contributed by atoms with Crippen LogP contribution < -0.4 is 9.47 Å². The van der Waals surface area contributed by atoms with E-state index < -0.39 is 11.9 Å². The first-order valence-electron chi connectivity index (χ1n) is 7.17. The van der Waals surface area contributed by atoms with Gasteiger partial charge in [0.25, 0.3) is 0 Å². The molecule has 0 aliphatic rings. The van der Waals surface area contributed by atoms with Crippen molar-refractivity contribution in [3.8, 4) is 11.5 Å². The van der Waals surface area contributed by atoms with Gasteiger partial charge in [-0.15, -0.1) is 0 Å². The minimum Gasteiger partial charge on any atom is -0.496 e. The van der Waals surface area contributed by atoms with E-state index in [9.17, 15) is 9.59 Å². The molecule has 0 aliphatic heterocycles. The highest BCUT2D eigenvalue weighted by Gasteiger charge is 2.15. The lowest BCUT2D eigenvalue weighted by atomic mass is 10.2. The summed E-state index contributed by atoms with van der Waals surface area (Å²) >= 11 is 0. The zero-order valence-electron chi connectivity index (χ0n) is 13.2. The Morgan fingerprint density at radius 3 is 2.17 bits per heavy atom. The van der Waals surface area contributed by atoms with E-state index in [-0.39, 0.29) is 6.10 Å². The summed E-state index contributed by atoms with van der Waals surface area (Å²) in [5.74, 6) is -0.167. The Morgan fingerprint density at radius 2 is 1.57 bits per heavy atom. The van der Waals surface area contributed by atoms with Crippen molar-refractivity contribution >= 4 is 11.9 Å². The molecule has 2 aromatic carbocycles. The Kier molecular flexibility index (Phi) is 5.36. The van der Waals surface area contributed by atoms with Crippen LogP contribution in [0.3, 0.4) is 0 Å². The predicted molar refractivity (Wildman–Crippen MR) is 84.9 cm³/mol. The van der Waals surface area contributed by atoms with Crippen LogP contribution in [0.4, 0.5) is 0 Å². The van der Waals surface area contributed by atoms with Gasteiger partial charge in [-0.2, -0.15) is 0 Å². The molecule has 5 heteroatoms. The number of para-hydroxylation sites is 1. The van der Waals surface area contributed by atoms with Crippen LogP contribution in [-0.2, 0) is 4.74 Å². The minimum atomic E-state index is -0.528. The molecule has 0 aromatic heterocycles. The second kappa shape index (κ2) is 7.45. The average molecular weight is 314 g/mol. The van der Waals surface area contributed by atoms with Crippen LogP contribution in [-0.4, -0.2) is 25.2 Å². The van der Waals surface area contributed by atoms with Crippen LogP contribution in [0.25, 0.3) is 0 Å². The molecule has 0 fully saturated rings. The van der Waals surface area contributed by atoms with E-state index in [0.29, 0.717) is 22.6 Å². The summed E-state index contributed by atoms with van der Waals surface area (Å²) in [4.78, 5) is 23.9. The van der Waals surface area contributed by atoms with E-state index in [1.165, 1.54) is 7.11 Å². The number of methoxy groups -OCH3 is 1. The van der Waals surface area contributed by atoms with Crippen molar-refractivity contribution in [3.63, 3.8) is 0 Å². The Balaban J connectivity index is 2.09. The molecule has 2 aromatic rings. The Morgan fingerprint density at radius 1 is 0.913 bits per heavy atom. The Hall–Kier alpha value is -2.82. The summed E-state index contributed by atoms with van der Waals surface area (Å²) in [5, 5.41) is 0. The van der Waals surface area contributed by atoms with Gasteiger partial charge in [0, 0.05) is 0 Å². The summed E-state index contributed by atoms with van der Waals surface area (Å²) in [6.07, 6.45) is -0.189. The SMILES string of the molecule is COc1ccccc1C(=O)Oc1ccc(C(=O)OC(C)C)cc1. The summed E-state index contributed by atoms with van der Waals surface area (Å²) in [5.41, 5.74) is 0.731. The molecule has 0 N–H and O–H groups in total. The van der Waals surface area contributed by atoms with E-state index in [1.54, 1.807) is 62.4 Å². The third-order valence-electron chi connectivity index (χ3n) is 2.97. The first kappa shape index (κ1) is 16.5. The van der Waals surface area contributed by atoms with E-state index >= 15 is 0 Å². The van der Waals surface area contributed by atoms with E-state index in [4.69, 9.17) is 14.2 Å². The highest BCUT2D eigenvalue weighted by molar-refractivity contribution is 5.94. The second-order valence-electron chi connectivity index (χ2n) is 5.07. The van der Waals surface area contributed by atoms with E-state index in [0.717, 1.165) is 0 Å². The smallest absolute Gasteiger partial charge is 0.347 e. The number of esters is 2. The van der Waals surface area contributed by atoms with Gasteiger partial charge in [-0.25, -0.2) is 9.59 Å². The van der Waals surface area contributed by atoms with Gasteiger partial charge in [0.1, 0.15) is 17.1 Å². The zero-order valence-corrected chi connectivity index (χ0v) is 13.2. The molecule has 0 atom stereocenters. The molecule has 23 heavy (non-hydrogen) atoms. The topological polar surface area (TPSA) is 61.8 Å². The molecular weight excluding hydrogens is 296 g/mol. The van der Waals surface area contributed by atoms with Gasteiger partial charge in [-0.1, -0.05) is 12.1 Å². The lowest BCUT2D eigenvalue weighted by Crippen LogP contribution is -2.12. The molecule has 0 saturated heterocycles. The highest BCUT2D eigenvalue weighted by Crippen LogP contribution is 2.21. The third kappa shape index (κ3) is 4.32. The van der Waals surface area contributed by atoms with Crippen LogP contribution in [0, 0.1) is 0 Å². The Bertz CT molecular complexity index is 689. The number of carbonyl (C=O) groups excluding carboxylic acids is 2. The normalized spacial score (nSPS) is 10.3. The van der Waals surface area contributed by atoms with Crippen LogP contribution in [0.5, 0.6) is 11.5 Å². The van der Waals surface area contributed by atoms with Crippen LogP contribution in [0.15, 0.2) is 48.5 Å². The number of ether oxygens (including phenoxy) is 3. The molecular formula is C18H18O5. The van der Waals surface area contributed by atoms with Crippen molar-refractivity contribution in [2.75, 3.05) is 7.11 Å². The molecule has 0 amide bonds. The number of rotatable bonds is 5. The standard InChI is InChI=1S/C18H18O5/c1-12(2)22-17(19)13-8-10-14(11-9-13)23-18(20)15-6-4-5-7-16(15)21-3/h4-12H,1-3H3. The van der Waals surface area contributed by atoms with Crippen molar-refractivity contribution in [3.05, 3.63) is 59.7 Å². The van der Waals surface area contributed by atoms with Gasteiger partial charge in [0.15, 0.2) is 0 Å². The molecule has 0 spiro atoms. The van der Waals surface area contributed by atoms with Gasteiger partial charge in [0.05, 0.1) is 18.8 Å². The molecule has 120 valence electrons. The number of hydrogen-bond acceptors (Lipinski definition) is 5. The van der Waals surface area contributed by atoms with Crippen LogP contribution >= 0.6 is 0 Å². The summed E-state index contributed by atoms with van der Waals surface area (Å²) < 4.78 is 15.5. The lowest BCUT2D eigenvalue weighted by Gasteiger charge is -2.09. The van der Waals surface area contributed by atoms with Crippen molar-refractivity contribution in [2.45, 2.75) is 20.0 Å². The Labute approximate surface area is 134 Å². The fourth-order valence-corrected chi connectivity index (χ4v) is 1.92. The maximum Gasteiger partial charge on any atom is 0.347 e. The molecule has 0 unspecified atom stereocenters. The van der Waals surface area contributed by atoms with Gasteiger partial charge >= 0.3 is 11.9 Å². The van der Waals surface area contributed by atoms with Crippen molar-refractivity contribution in [1.29, 1.82) is 0 Å². The first-order chi connectivity index (χ1) is 11.0. The summed E-state index contributed by atoms with van der Waals surface area (Å²) in [7, 11) is 1.49. The predicted octanol–water partition coefficient (Wildman–Crippen LogP) is 3.48. The van der Waals surface area contributed by atoms with Crippen molar-refractivity contribution in [2.24, 2.45) is 0 Å². The third-order valence-corrected chi connectivity index (χ3v) is 2.97. The quantitative estimate of drug-likeness (QED) is 0.624.